The van der Waals surface area contributed by atoms with Gasteiger partial charge in [0.15, 0.2) is 0 Å². The highest BCUT2D eigenvalue weighted by atomic mass is 35.5. The quantitative estimate of drug-likeness (QED) is 0.287. The minimum Gasteiger partial charge on any atom is -0.495 e. The SMILES string of the molecule is COc1ccc(Cl)cc1N(CC(=O)Nc1ccc(C(C)C)cc1)S(=O)(=O)c1ccc(C)c([N+](=O)[O-])c1. The van der Waals surface area contributed by atoms with E-state index in [1.807, 2.05) is 26.0 Å². The van der Waals surface area contributed by atoms with Crippen molar-refractivity contribution < 1.29 is 22.9 Å². The van der Waals surface area contributed by atoms with Crippen molar-refractivity contribution in [1.82, 2.24) is 0 Å². The second-order valence-corrected chi connectivity index (χ2v) is 10.7. The smallest absolute Gasteiger partial charge is 0.273 e. The van der Waals surface area contributed by atoms with E-state index in [1.165, 1.54) is 44.4 Å². The Hall–Kier alpha value is -3.63. The first-order valence-electron chi connectivity index (χ1n) is 10.9. The number of hydrogen-bond acceptors (Lipinski definition) is 6. The van der Waals surface area contributed by atoms with Crippen LogP contribution in [0.2, 0.25) is 5.02 Å². The fraction of sp³-hybridized carbons (Fsp3) is 0.240. The molecule has 0 saturated carbocycles. The minimum absolute atomic E-state index is 0.0125. The molecule has 36 heavy (non-hydrogen) atoms. The van der Waals surface area contributed by atoms with Gasteiger partial charge in [0.25, 0.3) is 15.7 Å². The average Bonchev–Trinajstić information content (AvgIpc) is 2.82. The van der Waals surface area contributed by atoms with Crippen LogP contribution in [0.5, 0.6) is 5.75 Å². The van der Waals surface area contributed by atoms with Gasteiger partial charge in [-0.05, 0) is 54.8 Å². The molecule has 0 heterocycles. The predicted molar refractivity (Wildman–Crippen MR) is 140 cm³/mol. The van der Waals surface area contributed by atoms with E-state index in [0.29, 0.717) is 17.2 Å². The van der Waals surface area contributed by atoms with Crippen LogP contribution >= 0.6 is 11.6 Å². The molecule has 0 unspecified atom stereocenters. The van der Waals surface area contributed by atoms with Crippen LogP contribution in [0.3, 0.4) is 0 Å². The van der Waals surface area contributed by atoms with E-state index < -0.39 is 27.4 Å². The van der Waals surface area contributed by atoms with Gasteiger partial charge in [-0.3, -0.25) is 19.2 Å². The number of benzene rings is 3. The van der Waals surface area contributed by atoms with Crippen molar-refractivity contribution in [2.75, 3.05) is 23.3 Å². The molecular weight excluding hydrogens is 506 g/mol. The second kappa shape index (κ2) is 11.0. The van der Waals surface area contributed by atoms with Crippen LogP contribution in [0.4, 0.5) is 17.1 Å². The maximum atomic E-state index is 13.7. The van der Waals surface area contributed by atoms with Crippen molar-refractivity contribution in [2.24, 2.45) is 0 Å². The summed E-state index contributed by atoms with van der Waals surface area (Å²) < 4.78 is 33.6. The molecule has 1 N–H and O–H groups in total. The normalized spacial score (nSPS) is 11.3. The summed E-state index contributed by atoms with van der Waals surface area (Å²) in [5.41, 5.74) is 1.53. The van der Waals surface area contributed by atoms with Gasteiger partial charge in [0.05, 0.1) is 22.6 Å². The number of carbonyl (C=O) groups is 1. The maximum absolute atomic E-state index is 13.7. The molecule has 0 aromatic heterocycles. The van der Waals surface area contributed by atoms with Gasteiger partial charge in [0.1, 0.15) is 12.3 Å². The molecule has 0 aliphatic carbocycles. The molecule has 3 rings (SSSR count). The third-order valence-electron chi connectivity index (χ3n) is 5.52. The van der Waals surface area contributed by atoms with Crippen LogP contribution in [0, 0.1) is 17.0 Å². The molecule has 0 atom stereocenters. The molecule has 3 aromatic carbocycles. The Morgan fingerprint density at radius 1 is 1.11 bits per heavy atom. The molecule has 11 heteroatoms. The molecule has 0 fully saturated rings. The number of nitrogens with zero attached hydrogens (tertiary/aromatic N) is 2. The molecule has 1 amide bonds. The number of sulfonamides is 1. The second-order valence-electron chi connectivity index (χ2n) is 8.36. The number of ether oxygens (including phenoxy) is 1. The Morgan fingerprint density at radius 3 is 2.36 bits per heavy atom. The van der Waals surface area contributed by atoms with Gasteiger partial charge in [-0.2, -0.15) is 0 Å². The summed E-state index contributed by atoms with van der Waals surface area (Å²) in [7, 11) is -3.10. The van der Waals surface area contributed by atoms with Gasteiger partial charge < -0.3 is 10.1 Å². The largest absolute Gasteiger partial charge is 0.495 e. The number of carbonyl (C=O) groups excluding carboxylic acids is 1. The molecule has 0 aliphatic rings. The molecular formula is C25H26ClN3O6S. The van der Waals surface area contributed by atoms with E-state index in [0.717, 1.165) is 15.9 Å². The zero-order valence-corrected chi connectivity index (χ0v) is 21.8. The molecule has 3 aromatic rings. The lowest BCUT2D eigenvalue weighted by Crippen LogP contribution is -2.38. The lowest BCUT2D eigenvalue weighted by Gasteiger charge is -2.26. The Bertz CT molecular complexity index is 1390. The number of halogens is 1. The van der Waals surface area contributed by atoms with E-state index >= 15 is 0 Å². The number of nitro benzene ring substituents is 1. The van der Waals surface area contributed by atoms with Crippen LogP contribution < -0.4 is 14.4 Å². The van der Waals surface area contributed by atoms with Crippen LogP contribution in [-0.2, 0) is 14.8 Å². The van der Waals surface area contributed by atoms with Crippen molar-refractivity contribution in [3.63, 3.8) is 0 Å². The number of nitro groups is 1. The van der Waals surface area contributed by atoms with E-state index in [1.54, 1.807) is 12.1 Å². The number of rotatable bonds is 9. The lowest BCUT2D eigenvalue weighted by molar-refractivity contribution is -0.385. The van der Waals surface area contributed by atoms with E-state index in [4.69, 9.17) is 16.3 Å². The number of methoxy groups -OCH3 is 1. The molecule has 0 saturated heterocycles. The molecule has 0 aliphatic heterocycles. The first-order chi connectivity index (χ1) is 16.9. The van der Waals surface area contributed by atoms with Gasteiger partial charge in [-0.1, -0.05) is 43.6 Å². The fourth-order valence-corrected chi connectivity index (χ4v) is 5.12. The minimum atomic E-state index is -4.45. The van der Waals surface area contributed by atoms with Gasteiger partial charge in [-0.25, -0.2) is 8.42 Å². The van der Waals surface area contributed by atoms with Gasteiger partial charge in [-0.15, -0.1) is 0 Å². The summed E-state index contributed by atoms with van der Waals surface area (Å²) in [6.07, 6.45) is 0. The molecule has 190 valence electrons. The maximum Gasteiger partial charge on any atom is 0.273 e. The monoisotopic (exact) mass is 531 g/mol. The van der Waals surface area contributed by atoms with Gasteiger partial charge >= 0.3 is 0 Å². The first-order valence-corrected chi connectivity index (χ1v) is 12.8. The number of anilines is 2. The van der Waals surface area contributed by atoms with Crippen LogP contribution in [0.1, 0.15) is 30.9 Å². The number of nitrogens with one attached hydrogen (secondary N) is 1. The van der Waals surface area contributed by atoms with E-state index in [9.17, 15) is 23.3 Å². The molecule has 9 nitrogen and oxygen atoms in total. The van der Waals surface area contributed by atoms with Crippen molar-refractivity contribution >= 4 is 44.6 Å². The topological polar surface area (TPSA) is 119 Å². The predicted octanol–water partition coefficient (Wildman–Crippen LogP) is 5.52. The van der Waals surface area contributed by atoms with E-state index in [2.05, 4.69) is 5.32 Å². The highest BCUT2D eigenvalue weighted by Gasteiger charge is 2.31. The van der Waals surface area contributed by atoms with Crippen LogP contribution in [0.25, 0.3) is 0 Å². The zero-order chi connectivity index (χ0) is 26.6. The summed E-state index contributed by atoms with van der Waals surface area (Å²) in [6, 6.07) is 15.1. The highest BCUT2D eigenvalue weighted by Crippen LogP contribution is 2.35. The summed E-state index contributed by atoms with van der Waals surface area (Å²) in [5.74, 6) is -0.164. The molecule has 0 spiro atoms. The highest BCUT2D eigenvalue weighted by molar-refractivity contribution is 7.92. The van der Waals surface area contributed by atoms with E-state index in [-0.39, 0.29) is 27.0 Å². The van der Waals surface area contributed by atoms with Crippen molar-refractivity contribution in [1.29, 1.82) is 0 Å². The Morgan fingerprint density at radius 2 is 1.78 bits per heavy atom. The first kappa shape index (κ1) is 27.0. The summed E-state index contributed by atoms with van der Waals surface area (Å²) in [6.45, 7) is 4.96. The standard InChI is InChI=1S/C25H26ClN3O6S/c1-16(2)18-6-9-20(10-7-18)27-25(30)15-28(23-13-19(26)8-12-24(23)35-4)36(33,34)21-11-5-17(3)22(14-21)29(31)32/h5-14,16H,15H2,1-4H3,(H,27,30). The third kappa shape index (κ3) is 5.95. The zero-order valence-electron chi connectivity index (χ0n) is 20.2. The van der Waals surface area contributed by atoms with Gasteiger partial charge in [0.2, 0.25) is 5.91 Å². The summed E-state index contributed by atoms with van der Waals surface area (Å²) in [4.78, 5) is 23.4. The van der Waals surface area contributed by atoms with Crippen molar-refractivity contribution in [3.05, 3.63) is 86.9 Å². The lowest BCUT2D eigenvalue weighted by atomic mass is 10.0. The molecule has 0 radical (unpaired) electrons. The summed E-state index contributed by atoms with van der Waals surface area (Å²) in [5, 5.41) is 14.3. The average molecular weight is 532 g/mol. The van der Waals surface area contributed by atoms with Crippen LogP contribution in [0.15, 0.2) is 65.6 Å². The Kier molecular flexibility index (Phi) is 8.21. The summed E-state index contributed by atoms with van der Waals surface area (Å²) >= 11 is 6.14. The molecule has 0 bridgehead atoms. The number of hydrogen-bond donors (Lipinski definition) is 1. The number of aryl methyl sites for hydroxylation is 1. The van der Waals surface area contributed by atoms with Crippen molar-refractivity contribution in [2.45, 2.75) is 31.6 Å². The fourth-order valence-electron chi connectivity index (χ4n) is 3.51. The van der Waals surface area contributed by atoms with Gasteiger partial charge in [0, 0.05) is 22.3 Å². The Labute approximate surface area is 214 Å². The van der Waals surface area contributed by atoms with Crippen LogP contribution in [-0.4, -0.2) is 32.9 Å². The third-order valence-corrected chi connectivity index (χ3v) is 7.51. The van der Waals surface area contributed by atoms with Crippen molar-refractivity contribution in [3.8, 4) is 5.75 Å². The Balaban J connectivity index is 2.04. The number of amides is 1.